The van der Waals surface area contributed by atoms with E-state index < -0.39 is 5.97 Å². The summed E-state index contributed by atoms with van der Waals surface area (Å²) in [5.41, 5.74) is 6.31. The second kappa shape index (κ2) is 5.19. The molecule has 0 saturated heterocycles. The van der Waals surface area contributed by atoms with Crippen LogP contribution < -0.4 is 10.5 Å². The number of benzene rings is 1. The van der Waals surface area contributed by atoms with E-state index in [9.17, 15) is 4.79 Å². The van der Waals surface area contributed by atoms with Crippen molar-refractivity contribution < 1.29 is 14.6 Å². The van der Waals surface area contributed by atoms with Crippen LogP contribution in [0.2, 0.25) is 5.02 Å². The number of carboxylic acid groups (broad SMARTS) is 1. The van der Waals surface area contributed by atoms with Crippen molar-refractivity contribution >= 4 is 23.3 Å². The molecule has 0 atom stereocenters. The topological polar surface area (TPSA) is 90.4 Å². The van der Waals surface area contributed by atoms with E-state index in [0.29, 0.717) is 17.3 Å². The minimum absolute atomic E-state index is 0.119. The molecule has 1 aromatic carbocycles. The van der Waals surface area contributed by atoms with Crippen molar-refractivity contribution in [3.05, 3.63) is 40.7 Å². The van der Waals surface area contributed by atoms with Crippen LogP contribution in [0.25, 0.3) is 0 Å². The molecular formula is C12H12ClN3O3. The van der Waals surface area contributed by atoms with Crippen LogP contribution in [0.5, 0.6) is 5.75 Å². The number of nitrogens with zero attached hydrogens (tertiary/aromatic N) is 2. The van der Waals surface area contributed by atoms with Crippen LogP contribution >= 0.6 is 11.6 Å². The van der Waals surface area contributed by atoms with Gasteiger partial charge in [0.05, 0.1) is 19.3 Å². The standard InChI is InChI=1S/C12H12ClN3O3/c1-19-10-3-2-8(13)4-7(10)5-16-6-9(14)11(15-16)12(17)18/h2-4,6H,5,14H2,1H3,(H,17,18). The number of aromatic nitrogens is 2. The Morgan fingerprint density at radius 3 is 2.89 bits per heavy atom. The summed E-state index contributed by atoms with van der Waals surface area (Å²) in [7, 11) is 1.55. The van der Waals surface area contributed by atoms with Gasteiger partial charge in [-0.15, -0.1) is 0 Å². The van der Waals surface area contributed by atoms with Crippen LogP contribution in [0.4, 0.5) is 5.69 Å². The number of carboxylic acids is 1. The predicted molar refractivity (Wildman–Crippen MR) is 70.7 cm³/mol. The molecule has 0 amide bonds. The number of methoxy groups -OCH3 is 1. The van der Waals surface area contributed by atoms with E-state index >= 15 is 0 Å². The first kappa shape index (κ1) is 13.2. The molecule has 0 fully saturated rings. The van der Waals surface area contributed by atoms with Crippen molar-refractivity contribution in [3.8, 4) is 5.75 Å². The molecule has 2 rings (SSSR count). The van der Waals surface area contributed by atoms with Gasteiger partial charge < -0.3 is 15.6 Å². The van der Waals surface area contributed by atoms with Crippen LogP contribution in [-0.2, 0) is 6.54 Å². The number of anilines is 1. The van der Waals surface area contributed by atoms with Gasteiger partial charge in [0, 0.05) is 16.8 Å². The van der Waals surface area contributed by atoms with E-state index in [1.54, 1.807) is 25.3 Å². The molecule has 0 saturated carbocycles. The number of carbonyl (C=O) groups is 1. The van der Waals surface area contributed by atoms with Crippen LogP contribution in [0.1, 0.15) is 16.1 Å². The van der Waals surface area contributed by atoms with Crippen molar-refractivity contribution in [1.29, 1.82) is 0 Å². The molecule has 0 aliphatic heterocycles. The van der Waals surface area contributed by atoms with E-state index in [-0.39, 0.29) is 11.4 Å². The van der Waals surface area contributed by atoms with Gasteiger partial charge in [-0.2, -0.15) is 5.10 Å². The van der Waals surface area contributed by atoms with Crippen molar-refractivity contribution in [3.63, 3.8) is 0 Å². The largest absolute Gasteiger partial charge is 0.496 e. The van der Waals surface area contributed by atoms with Crippen molar-refractivity contribution in [2.24, 2.45) is 0 Å². The van der Waals surface area contributed by atoms with Gasteiger partial charge in [-0.1, -0.05) is 11.6 Å². The van der Waals surface area contributed by atoms with E-state index in [4.69, 9.17) is 27.2 Å². The van der Waals surface area contributed by atoms with Crippen molar-refractivity contribution in [1.82, 2.24) is 9.78 Å². The zero-order valence-electron chi connectivity index (χ0n) is 10.1. The number of rotatable bonds is 4. The van der Waals surface area contributed by atoms with Crippen molar-refractivity contribution in [2.75, 3.05) is 12.8 Å². The molecule has 19 heavy (non-hydrogen) atoms. The fourth-order valence-electron chi connectivity index (χ4n) is 1.73. The zero-order chi connectivity index (χ0) is 14.0. The maximum atomic E-state index is 10.9. The number of aromatic carboxylic acids is 1. The Balaban J connectivity index is 2.33. The van der Waals surface area contributed by atoms with E-state index in [1.165, 1.54) is 10.9 Å². The Hall–Kier alpha value is -2.21. The first-order valence-electron chi connectivity index (χ1n) is 5.40. The Bertz CT molecular complexity index is 625. The fraction of sp³-hybridized carbons (Fsp3) is 0.167. The lowest BCUT2D eigenvalue weighted by molar-refractivity contribution is 0.0690. The highest BCUT2D eigenvalue weighted by Gasteiger charge is 2.14. The van der Waals surface area contributed by atoms with Gasteiger partial charge in [0.1, 0.15) is 5.75 Å². The van der Waals surface area contributed by atoms with Crippen molar-refractivity contribution in [2.45, 2.75) is 6.54 Å². The summed E-state index contributed by atoms with van der Waals surface area (Å²) in [6.45, 7) is 0.321. The molecule has 0 aliphatic carbocycles. The molecule has 0 bridgehead atoms. The smallest absolute Gasteiger partial charge is 0.358 e. The minimum atomic E-state index is -1.16. The Morgan fingerprint density at radius 2 is 2.32 bits per heavy atom. The highest BCUT2D eigenvalue weighted by Crippen LogP contribution is 2.23. The lowest BCUT2D eigenvalue weighted by Gasteiger charge is -2.08. The van der Waals surface area contributed by atoms with Gasteiger partial charge in [0.2, 0.25) is 0 Å². The summed E-state index contributed by atoms with van der Waals surface area (Å²) in [6.07, 6.45) is 1.46. The van der Waals surface area contributed by atoms with Gasteiger partial charge in [-0.25, -0.2) is 4.79 Å². The van der Waals surface area contributed by atoms with Crippen LogP contribution in [0.3, 0.4) is 0 Å². The van der Waals surface area contributed by atoms with Crippen LogP contribution in [-0.4, -0.2) is 28.0 Å². The molecule has 100 valence electrons. The third-order valence-electron chi connectivity index (χ3n) is 2.57. The van der Waals surface area contributed by atoms with E-state index in [2.05, 4.69) is 5.10 Å². The van der Waals surface area contributed by atoms with Gasteiger partial charge in [-0.05, 0) is 18.2 Å². The second-order valence-electron chi connectivity index (χ2n) is 3.89. The molecule has 0 aliphatic rings. The quantitative estimate of drug-likeness (QED) is 0.893. The fourth-order valence-corrected chi connectivity index (χ4v) is 1.92. The van der Waals surface area contributed by atoms with Crippen LogP contribution in [0, 0.1) is 0 Å². The average molecular weight is 282 g/mol. The lowest BCUT2D eigenvalue weighted by Crippen LogP contribution is -2.05. The Kier molecular flexibility index (Phi) is 3.62. The molecule has 1 heterocycles. The number of hydrogen-bond donors (Lipinski definition) is 2. The summed E-state index contributed by atoms with van der Waals surface area (Å²) in [4.78, 5) is 10.9. The average Bonchev–Trinajstić information content (AvgIpc) is 2.71. The maximum Gasteiger partial charge on any atom is 0.358 e. The number of nitrogens with two attached hydrogens (primary N) is 1. The van der Waals surface area contributed by atoms with Gasteiger partial charge in [0.15, 0.2) is 5.69 Å². The highest BCUT2D eigenvalue weighted by atomic mass is 35.5. The normalized spacial score (nSPS) is 10.4. The predicted octanol–water partition coefficient (Wildman–Crippen LogP) is 1.87. The molecule has 7 heteroatoms. The molecule has 1 aromatic heterocycles. The zero-order valence-corrected chi connectivity index (χ0v) is 10.9. The highest BCUT2D eigenvalue weighted by molar-refractivity contribution is 6.30. The third-order valence-corrected chi connectivity index (χ3v) is 2.80. The first-order valence-corrected chi connectivity index (χ1v) is 5.77. The number of nitrogen functional groups attached to an aromatic ring is 1. The summed E-state index contributed by atoms with van der Waals surface area (Å²) in [5.74, 6) is -0.510. The molecule has 0 radical (unpaired) electrons. The molecule has 3 N–H and O–H groups in total. The van der Waals surface area contributed by atoms with Gasteiger partial charge >= 0.3 is 5.97 Å². The number of halogens is 1. The third kappa shape index (κ3) is 2.79. The van der Waals surface area contributed by atoms with Gasteiger partial charge in [-0.3, -0.25) is 4.68 Å². The summed E-state index contributed by atoms with van der Waals surface area (Å²) >= 11 is 5.92. The lowest BCUT2D eigenvalue weighted by atomic mass is 10.2. The monoisotopic (exact) mass is 281 g/mol. The van der Waals surface area contributed by atoms with E-state index in [0.717, 1.165) is 5.56 Å². The molecule has 6 nitrogen and oxygen atoms in total. The number of ether oxygens (including phenoxy) is 1. The molecular weight excluding hydrogens is 270 g/mol. The van der Waals surface area contributed by atoms with E-state index in [1.807, 2.05) is 0 Å². The summed E-state index contributed by atoms with van der Waals surface area (Å²) in [5, 5.41) is 13.4. The van der Waals surface area contributed by atoms with Gasteiger partial charge in [0.25, 0.3) is 0 Å². The Labute approximate surface area is 114 Å². The van der Waals surface area contributed by atoms with Crippen LogP contribution in [0.15, 0.2) is 24.4 Å². The Morgan fingerprint density at radius 1 is 1.58 bits per heavy atom. The SMILES string of the molecule is COc1ccc(Cl)cc1Cn1cc(N)c(C(=O)O)n1. The number of hydrogen-bond acceptors (Lipinski definition) is 4. The molecule has 0 spiro atoms. The summed E-state index contributed by atoms with van der Waals surface area (Å²) < 4.78 is 6.65. The molecule has 2 aromatic rings. The summed E-state index contributed by atoms with van der Waals surface area (Å²) in [6, 6.07) is 5.19. The second-order valence-corrected chi connectivity index (χ2v) is 4.33. The minimum Gasteiger partial charge on any atom is -0.496 e. The molecule has 0 unspecified atom stereocenters. The first-order chi connectivity index (χ1) is 9.01. The maximum absolute atomic E-state index is 10.9.